The Hall–Kier alpha value is -3.52. The topological polar surface area (TPSA) is 67.9 Å². The van der Waals surface area contributed by atoms with Crippen LogP contribution < -0.4 is 14.8 Å². The van der Waals surface area contributed by atoms with Crippen LogP contribution in [-0.4, -0.2) is 44.2 Å². The lowest BCUT2D eigenvalue weighted by atomic mass is 9.79. The average molecular weight is 481 g/mol. The van der Waals surface area contributed by atoms with E-state index in [0.717, 1.165) is 10.5 Å². The zero-order valence-corrected chi connectivity index (χ0v) is 20.1. The van der Waals surface area contributed by atoms with Crippen molar-refractivity contribution >= 4 is 29.3 Å². The van der Waals surface area contributed by atoms with Gasteiger partial charge in [0.25, 0.3) is 5.91 Å². The van der Waals surface area contributed by atoms with E-state index < -0.39 is 17.8 Å². The number of nitrogens with zero attached hydrogens (tertiary/aromatic N) is 1. The number of anilines is 1. The highest BCUT2D eigenvalue weighted by Crippen LogP contribution is 2.46. The van der Waals surface area contributed by atoms with E-state index in [2.05, 4.69) is 5.32 Å². The number of carbonyl (C=O) groups excluding carboxylic acids is 2. The summed E-state index contributed by atoms with van der Waals surface area (Å²) in [5.74, 6) is -0.852. The molecule has 2 amide bonds. The first kappa shape index (κ1) is 23.6. The van der Waals surface area contributed by atoms with Crippen molar-refractivity contribution in [2.45, 2.75) is 16.9 Å². The van der Waals surface area contributed by atoms with Crippen molar-refractivity contribution in [3.63, 3.8) is 0 Å². The number of thioether (sulfide) groups is 1. The Morgan fingerprint density at radius 1 is 1.00 bits per heavy atom. The fourth-order valence-corrected chi connectivity index (χ4v) is 4.71. The van der Waals surface area contributed by atoms with E-state index in [1.807, 2.05) is 30.5 Å². The first-order valence-electron chi connectivity index (χ1n) is 10.6. The number of nitrogens with one attached hydrogen (secondary N) is 1. The Balaban J connectivity index is 1.86. The van der Waals surface area contributed by atoms with Crippen LogP contribution in [0.3, 0.4) is 0 Å². The minimum atomic E-state index is -0.748. The fourth-order valence-electron chi connectivity index (χ4n) is 4.30. The summed E-state index contributed by atoms with van der Waals surface area (Å²) < 4.78 is 24.2. The van der Waals surface area contributed by atoms with Crippen molar-refractivity contribution < 1.29 is 23.5 Å². The van der Waals surface area contributed by atoms with Crippen LogP contribution in [0.15, 0.2) is 65.6 Å². The molecule has 0 spiro atoms. The molecule has 0 radical (unpaired) electrons. The standard InChI is InChI=1S/C26H25FN2O4S/c1-29-24(15-5-11-18(34-4)12-6-15)23(25(30)28-17-9-7-16(27)8-10-17)19-13-21(32-2)22(33-3)14-20(19)26(29)31/h5-14,23-24H,1-4H3,(H,28,30)/t23-,24+/m0/s1. The van der Waals surface area contributed by atoms with Crippen LogP contribution in [0.25, 0.3) is 0 Å². The van der Waals surface area contributed by atoms with Gasteiger partial charge in [-0.15, -0.1) is 11.8 Å². The van der Waals surface area contributed by atoms with Crippen LogP contribution in [0.5, 0.6) is 11.5 Å². The van der Waals surface area contributed by atoms with E-state index in [1.54, 1.807) is 35.8 Å². The number of rotatable bonds is 6. The highest BCUT2D eigenvalue weighted by atomic mass is 32.2. The minimum absolute atomic E-state index is 0.222. The van der Waals surface area contributed by atoms with Gasteiger partial charge in [0.1, 0.15) is 5.82 Å². The Morgan fingerprint density at radius 3 is 2.21 bits per heavy atom. The molecule has 1 aliphatic rings. The zero-order chi connectivity index (χ0) is 24.4. The number of carbonyl (C=O) groups is 2. The first-order valence-corrected chi connectivity index (χ1v) is 11.8. The molecule has 3 aromatic rings. The number of hydrogen-bond acceptors (Lipinski definition) is 5. The monoisotopic (exact) mass is 480 g/mol. The van der Waals surface area contributed by atoms with Crippen LogP contribution in [0, 0.1) is 5.82 Å². The molecule has 4 rings (SSSR count). The number of ether oxygens (including phenoxy) is 2. The SMILES string of the molecule is COc1cc2c(cc1OC)[C@H](C(=O)Nc1ccc(F)cc1)[C@@H](c1ccc(SC)cc1)N(C)C2=O. The third-order valence-corrected chi connectivity index (χ3v) is 6.77. The fraction of sp³-hybridized carbons (Fsp3) is 0.231. The lowest BCUT2D eigenvalue weighted by Crippen LogP contribution is -2.44. The molecule has 0 aromatic heterocycles. The van der Waals surface area contributed by atoms with Crippen LogP contribution in [-0.2, 0) is 4.79 Å². The van der Waals surface area contributed by atoms with Gasteiger partial charge in [-0.2, -0.15) is 0 Å². The van der Waals surface area contributed by atoms with Gasteiger partial charge in [0, 0.05) is 23.2 Å². The molecule has 0 saturated heterocycles. The number of halogens is 1. The van der Waals surface area contributed by atoms with Crippen molar-refractivity contribution in [2.24, 2.45) is 0 Å². The molecule has 1 aliphatic heterocycles. The number of likely N-dealkylation sites (N-methyl/N-ethyl adjacent to an activating group) is 1. The molecule has 6 nitrogen and oxygen atoms in total. The maximum absolute atomic E-state index is 13.7. The van der Waals surface area contributed by atoms with Crippen LogP contribution >= 0.6 is 11.8 Å². The quantitative estimate of drug-likeness (QED) is 0.497. The van der Waals surface area contributed by atoms with Crippen molar-refractivity contribution in [3.8, 4) is 11.5 Å². The van der Waals surface area contributed by atoms with Gasteiger partial charge in [-0.25, -0.2) is 4.39 Å². The Labute approximate surface area is 202 Å². The molecule has 34 heavy (non-hydrogen) atoms. The lowest BCUT2D eigenvalue weighted by molar-refractivity contribution is -0.119. The van der Waals surface area contributed by atoms with Crippen molar-refractivity contribution in [2.75, 3.05) is 32.8 Å². The molecule has 8 heteroatoms. The van der Waals surface area contributed by atoms with E-state index >= 15 is 0 Å². The number of methoxy groups -OCH3 is 2. The summed E-state index contributed by atoms with van der Waals surface area (Å²) in [6.45, 7) is 0. The number of hydrogen-bond donors (Lipinski definition) is 1. The van der Waals surface area contributed by atoms with Gasteiger partial charge in [0.05, 0.1) is 26.2 Å². The van der Waals surface area contributed by atoms with Gasteiger partial charge in [-0.3, -0.25) is 9.59 Å². The van der Waals surface area contributed by atoms with Crippen molar-refractivity contribution in [1.29, 1.82) is 0 Å². The van der Waals surface area contributed by atoms with Crippen LogP contribution in [0.1, 0.15) is 33.4 Å². The maximum Gasteiger partial charge on any atom is 0.254 e. The molecule has 0 bridgehead atoms. The zero-order valence-electron chi connectivity index (χ0n) is 19.3. The van der Waals surface area contributed by atoms with Crippen molar-refractivity contribution in [1.82, 2.24) is 4.90 Å². The second-order valence-electron chi connectivity index (χ2n) is 7.90. The highest BCUT2D eigenvalue weighted by Gasteiger charge is 2.43. The molecule has 1 N–H and O–H groups in total. The largest absolute Gasteiger partial charge is 0.493 e. The third-order valence-electron chi connectivity index (χ3n) is 6.03. The van der Waals surface area contributed by atoms with E-state index in [4.69, 9.17) is 9.47 Å². The smallest absolute Gasteiger partial charge is 0.254 e. The molecular weight excluding hydrogens is 455 g/mol. The molecule has 2 atom stereocenters. The summed E-state index contributed by atoms with van der Waals surface area (Å²) in [5, 5.41) is 2.88. The number of benzene rings is 3. The highest BCUT2D eigenvalue weighted by molar-refractivity contribution is 7.98. The number of fused-ring (bicyclic) bond motifs is 1. The Morgan fingerprint density at radius 2 is 1.62 bits per heavy atom. The minimum Gasteiger partial charge on any atom is -0.493 e. The lowest BCUT2D eigenvalue weighted by Gasteiger charge is -2.40. The van der Waals surface area contributed by atoms with Gasteiger partial charge >= 0.3 is 0 Å². The summed E-state index contributed by atoms with van der Waals surface area (Å²) in [7, 11) is 4.69. The Kier molecular flexibility index (Phi) is 6.79. The van der Waals surface area contributed by atoms with Gasteiger partial charge in [0.15, 0.2) is 11.5 Å². The molecule has 0 fully saturated rings. The summed E-state index contributed by atoms with van der Waals surface area (Å²) in [6.07, 6.45) is 1.99. The summed E-state index contributed by atoms with van der Waals surface area (Å²) in [5.41, 5.74) is 2.20. The van der Waals surface area contributed by atoms with Gasteiger partial charge in [-0.05, 0) is 65.9 Å². The third kappa shape index (κ3) is 4.33. The molecular formula is C26H25FN2O4S. The summed E-state index contributed by atoms with van der Waals surface area (Å²) >= 11 is 1.61. The van der Waals surface area contributed by atoms with Crippen molar-refractivity contribution in [3.05, 3.63) is 83.2 Å². The average Bonchev–Trinajstić information content (AvgIpc) is 2.86. The predicted molar refractivity (Wildman–Crippen MR) is 130 cm³/mol. The van der Waals surface area contributed by atoms with Crippen LogP contribution in [0.4, 0.5) is 10.1 Å². The van der Waals surface area contributed by atoms with E-state index in [0.29, 0.717) is 28.3 Å². The molecule has 0 saturated carbocycles. The molecule has 3 aromatic carbocycles. The predicted octanol–water partition coefficient (Wildman–Crippen LogP) is 5.11. The van der Waals surface area contributed by atoms with E-state index in [9.17, 15) is 14.0 Å². The molecule has 0 aliphatic carbocycles. The second-order valence-corrected chi connectivity index (χ2v) is 8.78. The molecule has 0 unspecified atom stereocenters. The Bertz CT molecular complexity index is 1210. The second kappa shape index (κ2) is 9.77. The molecule has 176 valence electrons. The normalized spacial score (nSPS) is 17.2. The summed E-state index contributed by atoms with van der Waals surface area (Å²) in [6, 6.07) is 16.1. The van der Waals surface area contributed by atoms with E-state index in [-0.39, 0.29) is 11.8 Å². The maximum atomic E-state index is 13.7. The first-order chi connectivity index (χ1) is 16.4. The molecule has 1 heterocycles. The van der Waals surface area contributed by atoms with Gasteiger partial charge in [-0.1, -0.05) is 12.1 Å². The van der Waals surface area contributed by atoms with Gasteiger partial charge < -0.3 is 19.7 Å². The van der Waals surface area contributed by atoms with Crippen LogP contribution in [0.2, 0.25) is 0 Å². The van der Waals surface area contributed by atoms with Gasteiger partial charge in [0.2, 0.25) is 5.91 Å². The number of amides is 2. The summed E-state index contributed by atoms with van der Waals surface area (Å²) in [4.78, 5) is 29.8. The van der Waals surface area contributed by atoms with E-state index in [1.165, 1.54) is 38.5 Å².